The van der Waals surface area contributed by atoms with Crippen LogP contribution >= 0.6 is 11.6 Å². The lowest BCUT2D eigenvalue weighted by Gasteiger charge is -2.33. The van der Waals surface area contributed by atoms with Crippen LogP contribution in [0.2, 0.25) is 5.02 Å². The van der Waals surface area contributed by atoms with E-state index in [1.165, 1.54) is 0 Å². The number of hydrogen-bond acceptors (Lipinski definition) is 4. The molecule has 0 unspecified atom stereocenters. The number of anilines is 1. The fraction of sp³-hybridized carbons (Fsp3) is 0.333. The van der Waals surface area contributed by atoms with E-state index in [-0.39, 0.29) is 10.6 Å². The van der Waals surface area contributed by atoms with Crippen molar-refractivity contribution in [2.24, 2.45) is 0 Å². The molecule has 1 aliphatic heterocycles. The lowest BCUT2D eigenvalue weighted by atomic mass is 10.0. The number of rotatable bonds is 5. The molecule has 0 spiro atoms. The van der Waals surface area contributed by atoms with Crippen molar-refractivity contribution in [1.82, 2.24) is 4.90 Å². The molecule has 1 saturated heterocycles. The molecule has 1 heterocycles. The van der Waals surface area contributed by atoms with Gasteiger partial charge >= 0.3 is 0 Å². The minimum absolute atomic E-state index is 0.140. The monoisotopic (exact) mass is 345 g/mol. The van der Waals surface area contributed by atoms with Crippen LogP contribution in [0.3, 0.4) is 0 Å². The van der Waals surface area contributed by atoms with Crippen LogP contribution in [0.4, 0.5) is 11.4 Å². The van der Waals surface area contributed by atoms with Crippen molar-refractivity contribution >= 4 is 23.0 Å². The molecule has 1 aliphatic rings. The van der Waals surface area contributed by atoms with E-state index in [1.54, 1.807) is 12.1 Å². The third-order valence-corrected chi connectivity index (χ3v) is 4.70. The van der Waals surface area contributed by atoms with E-state index in [0.717, 1.165) is 48.7 Å². The highest BCUT2D eigenvalue weighted by Gasteiger charge is 2.19. The van der Waals surface area contributed by atoms with Crippen molar-refractivity contribution in [3.8, 4) is 0 Å². The van der Waals surface area contributed by atoms with E-state index in [9.17, 15) is 10.1 Å². The highest BCUT2D eigenvalue weighted by molar-refractivity contribution is 6.33. The van der Waals surface area contributed by atoms with Crippen LogP contribution in [0.25, 0.3) is 0 Å². The Morgan fingerprint density at radius 1 is 1.12 bits per heavy atom. The number of halogens is 1. The molecule has 0 atom stereocenters. The zero-order valence-electron chi connectivity index (χ0n) is 13.3. The maximum Gasteiger partial charge on any atom is 0.269 e. The minimum atomic E-state index is -0.365. The van der Waals surface area contributed by atoms with Crippen LogP contribution in [-0.2, 0) is 6.54 Å². The fourth-order valence-corrected chi connectivity index (χ4v) is 3.21. The lowest BCUT2D eigenvalue weighted by molar-refractivity contribution is -0.384. The number of hydrogen-bond donors (Lipinski definition) is 1. The Morgan fingerprint density at radius 2 is 1.79 bits per heavy atom. The van der Waals surface area contributed by atoms with E-state index in [2.05, 4.69) is 10.2 Å². The molecule has 126 valence electrons. The molecular weight excluding hydrogens is 326 g/mol. The van der Waals surface area contributed by atoms with Gasteiger partial charge in [-0.15, -0.1) is 0 Å². The summed E-state index contributed by atoms with van der Waals surface area (Å²) < 4.78 is 0. The quantitative estimate of drug-likeness (QED) is 0.647. The second-order valence-corrected chi connectivity index (χ2v) is 6.51. The second-order valence-electron chi connectivity index (χ2n) is 6.10. The second kappa shape index (κ2) is 7.64. The summed E-state index contributed by atoms with van der Waals surface area (Å²) in [6.45, 7) is 2.83. The maximum absolute atomic E-state index is 10.7. The lowest BCUT2D eigenvalue weighted by Crippen LogP contribution is -2.38. The molecule has 0 aromatic heterocycles. The van der Waals surface area contributed by atoms with Crippen LogP contribution < -0.4 is 5.32 Å². The standard InChI is InChI=1S/C18H20ClN3O2/c19-17-3-1-2-4-18(17)20-15-9-11-21(12-10-15)13-14-5-7-16(8-6-14)22(23)24/h1-8,15,20H,9-13H2. The van der Waals surface area contributed by atoms with Crippen LogP contribution in [0.15, 0.2) is 48.5 Å². The summed E-state index contributed by atoms with van der Waals surface area (Å²) in [6, 6.07) is 15.1. The first-order valence-corrected chi connectivity index (χ1v) is 8.46. The van der Waals surface area contributed by atoms with Gasteiger partial charge in [0.05, 0.1) is 15.6 Å². The molecule has 1 fully saturated rings. The molecule has 2 aromatic rings. The van der Waals surface area contributed by atoms with Crippen molar-refractivity contribution in [3.63, 3.8) is 0 Å². The molecule has 24 heavy (non-hydrogen) atoms. The predicted molar refractivity (Wildman–Crippen MR) is 96.5 cm³/mol. The third-order valence-electron chi connectivity index (χ3n) is 4.37. The zero-order chi connectivity index (χ0) is 16.9. The topological polar surface area (TPSA) is 58.4 Å². The Bertz CT molecular complexity index is 698. The molecule has 0 bridgehead atoms. The molecule has 0 aliphatic carbocycles. The SMILES string of the molecule is O=[N+]([O-])c1ccc(CN2CCC(Nc3ccccc3Cl)CC2)cc1. The van der Waals surface area contributed by atoms with Gasteiger partial charge in [0.2, 0.25) is 0 Å². The summed E-state index contributed by atoms with van der Waals surface area (Å²) in [7, 11) is 0. The highest BCUT2D eigenvalue weighted by Crippen LogP contribution is 2.24. The number of nitrogens with one attached hydrogen (secondary N) is 1. The average Bonchev–Trinajstić information content (AvgIpc) is 2.59. The van der Waals surface area contributed by atoms with Gasteiger partial charge in [-0.25, -0.2) is 0 Å². The molecule has 2 aromatic carbocycles. The Morgan fingerprint density at radius 3 is 2.42 bits per heavy atom. The zero-order valence-corrected chi connectivity index (χ0v) is 14.1. The number of piperidine rings is 1. The molecule has 0 amide bonds. The van der Waals surface area contributed by atoms with E-state index in [0.29, 0.717) is 6.04 Å². The van der Waals surface area contributed by atoms with Gasteiger partial charge in [0, 0.05) is 37.8 Å². The van der Waals surface area contributed by atoms with Gasteiger partial charge in [-0.05, 0) is 30.5 Å². The Balaban J connectivity index is 1.50. The normalized spacial score (nSPS) is 16.0. The van der Waals surface area contributed by atoms with Gasteiger partial charge in [0.25, 0.3) is 5.69 Å². The molecule has 6 heteroatoms. The van der Waals surface area contributed by atoms with Gasteiger partial charge in [0.1, 0.15) is 0 Å². The third kappa shape index (κ3) is 4.24. The largest absolute Gasteiger partial charge is 0.381 e. The summed E-state index contributed by atoms with van der Waals surface area (Å²) in [5, 5.41) is 15.0. The van der Waals surface area contributed by atoms with Crippen molar-refractivity contribution in [2.45, 2.75) is 25.4 Å². The highest BCUT2D eigenvalue weighted by atomic mass is 35.5. The number of non-ortho nitro benzene ring substituents is 1. The van der Waals surface area contributed by atoms with E-state index in [4.69, 9.17) is 11.6 Å². The van der Waals surface area contributed by atoms with Crippen molar-refractivity contribution in [3.05, 3.63) is 69.2 Å². The van der Waals surface area contributed by atoms with Crippen LogP contribution in [0.5, 0.6) is 0 Å². The Kier molecular flexibility index (Phi) is 5.33. The molecule has 0 saturated carbocycles. The molecule has 0 radical (unpaired) electrons. The van der Waals surface area contributed by atoms with Gasteiger partial charge in [-0.3, -0.25) is 15.0 Å². The molecule has 5 nitrogen and oxygen atoms in total. The summed E-state index contributed by atoms with van der Waals surface area (Å²) in [6.07, 6.45) is 2.11. The van der Waals surface area contributed by atoms with Gasteiger partial charge in [-0.2, -0.15) is 0 Å². The number of nitro benzene ring substituents is 1. The van der Waals surface area contributed by atoms with Crippen molar-refractivity contribution < 1.29 is 4.92 Å². The smallest absolute Gasteiger partial charge is 0.269 e. The summed E-state index contributed by atoms with van der Waals surface area (Å²) >= 11 is 6.19. The summed E-state index contributed by atoms with van der Waals surface area (Å²) in [5.41, 5.74) is 2.24. The number of likely N-dealkylation sites (tertiary alicyclic amines) is 1. The van der Waals surface area contributed by atoms with Gasteiger partial charge in [0.15, 0.2) is 0 Å². The van der Waals surface area contributed by atoms with Crippen LogP contribution in [-0.4, -0.2) is 29.0 Å². The molecule has 1 N–H and O–H groups in total. The van der Waals surface area contributed by atoms with E-state index >= 15 is 0 Å². The maximum atomic E-state index is 10.7. The van der Waals surface area contributed by atoms with Crippen molar-refractivity contribution in [2.75, 3.05) is 18.4 Å². The summed E-state index contributed by atoms with van der Waals surface area (Å²) in [4.78, 5) is 12.7. The number of nitro groups is 1. The van der Waals surface area contributed by atoms with Gasteiger partial charge in [-0.1, -0.05) is 35.9 Å². The van der Waals surface area contributed by atoms with Crippen LogP contribution in [0, 0.1) is 10.1 Å². The van der Waals surface area contributed by atoms with Gasteiger partial charge < -0.3 is 5.32 Å². The first kappa shape index (κ1) is 16.7. The first-order chi connectivity index (χ1) is 11.6. The molecule has 3 rings (SSSR count). The average molecular weight is 346 g/mol. The molecular formula is C18H20ClN3O2. The minimum Gasteiger partial charge on any atom is -0.381 e. The number of benzene rings is 2. The first-order valence-electron chi connectivity index (χ1n) is 8.08. The van der Waals surface area contributed by atoms with E-state index < -0.39 is 0 Å². The van der Waals surface area contributed by atoms with E-state index in [1.807, 2.05) is 36.4 Å². The Labute approximate surface area is 146 Å². The number of nitrogens with zero attached hydrogens (tertiary/aromatic N) is 2. The number of para-hydroxylation sites is 1. The van der Waals surface area contributed by atoms with Crippen molar-refractivity contribution in [1.29, 1.82) is 0 Å². The fourth-order valence-electron chi connectivity index (χ4n) is 3.01. The predicted octanol–water partition coefficient (Wildman–Crippen LogP) is 4.32. The summed E-state index contributed by atoms with van der Waals surface area (Å²) in [5.74, 6) is 0. The Hall–Kier alpha value is -2.11. The van der Waals surface area contributed by atoms with Crippen LogP contribution in [0.1, 0.15) is 18.4 Å².